The van der Waals surface area contributed by atoms with Crippen molar-refractivity contribution < 1.29 is 4.79 Å². The minimum atomic E-state index is 0.117. The number of aromatic nitrogens is 1. The summed E-state index contributed by atoms with van der Waals surface area (Å²) in [6.45, 7) is 0. The third kappa shape index (κ3) is 2.10. The first kappa shape index (κ1) is 9.19. The number of pyridine rings is 1. The minimum absolute atomic E-state index is 0.117. The Hall–Kier alpha value is -1.38. The summed E-state index contributed by atoms with van der Waals surface area (Å²) < 4.78 is 0. The third-order valence-electron chi connectivity index (χ3n) is 2.53. The van der Waals surface area contributed by atoms with Crippen molar-refractivity contribution in [3.63, 3.8) is 0 Å². The quantitative estimate of drug-likeness (QED) is 0.733. The van der Waals surface area contributed by atoms with Crippen LogP contribution < -0.4 is 5.32 Å². The Kier molecular flexibility index (Phi) is 2.77. The second-order valence-electron chi connectivity index (χ2n) is 3.62. The topological polar surface area (TPSA) is 42.0 Å². The highest BCUT2D eigenvalue weighted by atomic mass is 16.1. The fourth-order valence-electron chi connectivity index (χ4n) is 1.78. The summed E-state index contributed by atoms with van der Waals surface area (Å²) in [6, 6.07) is 5.93. The molecule has 1 N–H and O–H groups in total. The van der Waals surface area contributed by atoms with Crippen LogP contribution in [0.3, 0.4) is 0 Å². The fraction of sp³-hybridized carbons (Fsp3) is 0.455. The molecule has 0 unspecified atom stereocenters. The average Bonchev–Trinajstić information content (AvgIpc) is 2.44. The van der Waals surface area contributed by atoms with Gasteiger partial charge in [0.1, 0.15) is 0 Å². The number of nitrogens with zero attached hydrogens (tertiary/aromatic N) is 1. The maximum Gasteiger partial charge on any atom is 0.220 e. The lowest BCUT2D eigenvalue weighted by atomic mass is 10.1. The van der Waals surface area contributed by atoms with Crippen LogP contribution in [0.15, 0.2) is 24.4 Å². The molecule has 74 valence electrons. The molecule has 0 aromatic carbocycles. The molecule has 1 fully saturated rings. The summed E-state index contributed by atoms with van der Waals surface area (Å²) in [5.41, 5.74) is 0.975. The van der Waals surface area contributed by atoms with E-state index in [0.29, 0.717) is 6.42 Å². The summed E-state index contributed by atoms with van der Waals surface area (Å²) in [6.07, 6.45) is 5.52. The highest BCUT2D eigenvalue weighted by molar-refractivity contribution is 5.76. The number of carbonyl (C=O) groups is 1. The number of amides is 1. The minimum Gasteiger partial charge on any atom is -0.348 e. The van der Waals surface area contributed by atoms with Gasteiger partial charge in [0.15, 0.2) is 0 Å². The first-order chi connectivity index (χ1) is 6.86. The fourth-order valence-corrected chi connectivity index (χ4v) is 1.78. The zero-order valence-corrected chi connectivity index (χ0v) is 8.07. The van der Waals surface area contributed by atoms with Crippen LogP contribution in [0.4, 0.5) is 0 Å². The summed E-state index contributed by atoms with van der Waals surface area (Å²) in [5.74, 6) is 0.151. The Balaban J connectivity index is 2.13. The monoisotopic (exact) mass is 190 g/mol. The van der Waals surface area contributed by atoms with Gasteiger partial charge < -0.3 is 5.32 Å². The first-order valence-electron chi connectivity index (χ1n) is 5.06. The summed E-state index contributed by atoms with van der Waals surface area (Å²) in [5, 5.41) is 2.99. The van der Waals surface area contributed by atoms with Crippen LogP contribution in [-0.4, -0.2) is 10.9 Å². The van der Waals surface area contributed by atoms with Gasteiger partial charge in [0.05, 0.1) is 11.7 Å². The summed E-state index contributed by atoms with van der Waals surface area (Å²) in [4.78, 5) is 15.6. The number of carbonyl (C=O) groups excluding carboxylic acids is 1. The lowest BCUT2D eigenvalue weighted by Crippen LogP contribution is -2.26. The second-order valence-corrected chi connectivity index (χ2v) is 3.62. The highest BCUT2D eigenvalue weighted by Gasteiger charge is 2.18. The molecule has 0 bridgehead atoms. The first-order valence-corrected chi connectivity index (χ1v) is 5.06. The van der Waals surface area contributed by atoms with E-state index in [1.165, 1.54) is 0 Å². The van der Waals surface area contributed by atoms with Gasteiger partial charge in [-0.1, -0.05) is 12.5 Å². The van der Waals surface area contributed by atoms with E-state index in [-0.39, 0.29) is 11.9 Å². The molecular formula is C11H14N2O. The molecule has 1 aliphatic heterocycles. The zero-order chi connectivity index (χ0) is 9.80. The standard InChI is InChI=1S/C11H14N2O/c14-11-7-2-1-6-10(13-11)9-5-3-4-8-12-9/h3-5,8,10H,1-2,6-7H2,(H,13,14)/t10-/m0/s1. The Morgan fingerprint density at radius 2 is 2.29 bits per heavy atom. The molecule has 1 saturated heterocycles. The molecule has 1 amide bonds. The van der Waals surface area contributed by atoms with Gasteiger partial charge in [-0.05, 0) is 25.0 Å². The van der Waals surface area contributed by atoms with Gasteiger partial charge in [-0.3, -0.25) is 9.78 Å². The number of rotatable bonds is 1. The van der Waals surface area contributed by atoms with Crippen molar-refractivity contribution in [2.24, 2.45) is 0 Å². The van der Waals surface area contributed by atoms with Gasteiger partial charge in [0, 0.05) is 12.6 Å². The molecule has 2 rings (SSSR count). The van der Waals surface area contributed by atoms with Crippen LogP contribution in [0.1, 0.15) is 37.4 Å². The Morgan fingerprint density at radius 1 is 1.36 bits per heavy atom. The van der Waals surface area contributed by atoms with E-state index in [4.69, 9.17) is 0 Å². The van der Waals surface area contributed by atoms with E-state index in [0.717, 1.165) is 25.0 Å². The lowest BCUT2D eigenvalue weighted by molar-refractivity contribution is -0.121. The van der Waals surface area contributed by atoms with E-state index >= 15 is 0 Å². The summed E-state index contributed by atoms with van der Waals surface area (Å²) >= 11 is 0. The van der Waals surface area contributed by atoms with Crippen LogP contribution >= 0.6 is 0 Å². The second kappa shape index (κ2) is 4.22. The molecule has 1 aliphatic rings. The van der Waals surface area contributed by atoms with Gasteiger partial charge >= 0.3 is 0 Å². The Labute approximate surface area is 83.5 Å². The van der Waals surface area contributed by atoms with Crippen LogP contribution in [0.5, 0.6) is 0 Å². The zero-order valence-electron chi connectivity index (χ0n) is 8.07. The summed E-state index contributed by atoms with van der Waals surface area (Å²) in [7, 11) is 0. The molecule has 1 aromatic heterocycles. The number of nitrogens with one attached hydrogen (secondary N) is 1. The normalized spacial score (nSPS) is 22.6. The van der Waals surface area contributed by atoms with Crippen LogP contribution in [0.2, 0.25) is 0 Å². The van der Waals surface area contributed by atoms with E-state index in [1.54, 1.807) is 6.20 Å². The highest BCUT2D eigenvalue weighted by Crippen LogP contribution is 2.20. The molecular weight excluding hydrogens is 176 g/mol. The van der Waals surface area contributed by atoms with E-state index in [9.17, 15) is 4.79 Å². The van der Waals surface area contributed by atoms with Crippen LogP contribution in [0, 0.1) is 0 Å². The van der Waals surface area contributed by atoms with Crippen molar-refractivity contribution in [1.82, 2.24) is 10.3 Å². The molecule has 3 nitrogen and oxygen atoms in total. The van der Waals surface area contributed by atoms with E-state index in [2.05, 4.69) is 10.3 Å². The van der Waals surface area contributed by atoms with Gasteiger partial charge in [-0.25, -0.2) is 0 Å². The van der Waals surface area contributed by atoms with Crippen molar-refractivity contribution in [1.29, 1.82) is 0 Å². The van der Waals surface area contributed by atoms with Crippen molar-refractivity contribution in [2.75, 3.05) is 0 Å². The van der Waals surface area contributed by atoms with Crippen molar-refractivity contribution in [3.8, 4) is 0 Å². The predicted octanol–water partition coefficient (Wildman–Crippen LogP) is 1.81. The smallest absolute Gasteiger partial charge is 0.220 e. The lowest BCUT2D eigenvalue weighted by Gasteiger charge is -2.14. The van der Waals surface area contributed by atoms with Gasteiger partial charge in [-0.15, -0.1) is 0 Å². The Bertz CT molecular complexity index is 310. The number of hydrogen-bond acceptors (Lipinski definition) is 2. The van der Waals surface area contributed by atoms with Gasteiger partial charge in [-0.2, -0.15) is 0 Å². The molecule has 0 radical (unpaired) electrons. The SMILES string of the molecule is O=C1CCCC[C@@H](c2ccccn2)N1. The van der Waals surface area contributed by atoms with Crippen molar-refractivity contribution >= 4 is 5.91 Å². The van der Waals surface area contributed by atoms with Crippen LogP contribution in [0.25, 0.3) is 0 Å². The molecule has 2 heterocycles. The van der Waals surface area contributed by atoms with Crippen LogP contribution in [-0.2, 0) is 4.79 Å². The Morgan fingerprint density at radius 3 is 3.07 bits per heavy atom. The molecule has 1 atom stereocenters. The number of hydrogen-bond donors (Lipinski definition) is 1. The maximum absolute atomic E-state index is 11.3. The van der Waals surface area contributed by atoms with Gasteiger partial charge in [0.25, 0.3) is 0 Å². The molecule has 14 heavy (non-hydrogen) atoms. The largest absolute Gasteiger partial charge is 0.348 e. The molecule has 3 heteroatoms. The van der Waals surface area contributed by atoms with Gasteiger partial charge in [0.2, 0.25) is 5.91 Å². The van der Waals surface area contributed by atoms with Crippen molar-refractivity contribution in [2.45, 2.75) is 31.7 Å². The molecule has 0 aliphatic carbocycles. The average molecular weight is 190 g/mol. The van der Waals surface area contributed by atoms with E-state index < -0.39 is 0 Å². The molecule has 1 aromatic rings. The predicted molar refractivity (Wildman–Crippen MR) is 53.6 cm³/mol. The van der Waals surface area contributed by atoms with Crippen molar-refractivity contribution in [3.05, 3.63) is 30.1 Å². The third-order valence-corrected chi connectivity index (χ3v) is 2.53. The maximum atomic E-state index is 11.3. The van der Waals surface area contributed by atoms with E-state index in [1.807, 2.05) is 18.2 Å². The molecule has 0 spiro atoms. The molecule has 0 saturated carbocycles.